The third-order valence-electron chi connectivity index (χ3n) is 2.53. The Kier molecular flexibility index (Phi) is 4.61. The molecule has 0 saturated carbocycles. The molecule has 0 aromatic heterocycles. The van der Waals surface area contributed by atoms with Crippen LogP contribution in [0.2, 0.25) is 0 Å². The van der Waals surface area contributed by atoms with Crippen LogP contribution in [-0.4, -0.2) is 22.9 Å². The van der Waals surface area contributed by atoms with Crippen molar-refractivity contribution in [2.45, 2.75) is 0 Å². The van der Waals surface area contributed by atoms with Gasteiger partial charge in [0.2, 0.25) is 5.78 Å². The van der Waals surface area contributed by atoms with Crippen molar-refractivity contribution in [1.82, 2.24) is 0 Å². The predicted octanol–water partition coefficient (Wildman–Crippen LogP) is 2.80. The molecule has 2 N–H and O–H groups in total. The lowest BCUT2D eigenvalue weighted by Crippen LogP contribution is -2.17. The van der Waals surface area contributed by atoms with Gasteiger partial charge >= 0.3 is 0 Å². The van der Waals surface area contributed by atoms with Crippen molar-refractivity contribution in [2.24, 2.45) is 10.3 Å². The van der Waals surface area contributed by atoms with Gasteiger partial charge in [-0.05, 0) is 12.1 Å². The Morgan fingerprint density at radius 1 is 1.00 bits per heavy atom. The Morgan fingerprint density at radius 2 is 1.60 bits per heavy atom. The van der Waals surface area contributed by atoms with Gasteiger partial charge in [-0.2, -0.15) is 5.10 Å². The quantitative estimate of drug-likeness (QED) is 0.378. The van der Waals surface area contributed by atoms with Gasteiger partial charge in [0.1, 0.15) is 0 Å². The number of Topliss-reactive ketones (excluding diaryl/α,β-unsaturated/α-hetero) is 1. The van der Waals surface area contributed by atoms with Gasteiger partial charge < -0.3 is 5.21 Å². The van der Waals surface area contributed by atoms with E-state index in [9.17, 15) is 4.79 Å². The van der Waals surface area contributed by atoms with Gasteiger partial charge in [-0.1, -0.05) is 53.7 Å². The molecule has 2 aromatic rings. The molecule has 0 radical (unpaired) electrons. The number of para-hydroxylation sites is 1. The molecule has 0 saturated heterocycles. The number of hydrogen-bond donors (Lipinski definition) is 2. The van der Waals surface area contributed by atoms with Gasteiger partial charge in [0, 0.05) is 5.56 Å². The normalized spacial score (nSPS) is 11.5. The Labute approximate surface area is 116 Å². The van der Waals surface area contributed by atoms with Crippen LogP contribution in [0.15, 0.2) is 70.9 Å². The molecule has 0 heterocycles. The summed E-state index contributed by atoms with van der Waals surface area (Å²) in [6.07, 6.45) is 1.01. The first-order valence-corrected chi connectivity index (χ1v) is 5.97. The van der Waals surface area contributed by atoms with Crippen molar-refractivity contribution in [3.63, 3.8) is 0 Å². The summed E-state index contributed by atoms with van der Waals surface area (Å²) in [6.45, 7) is 0. The number of nitrogens with zero attached hydrogens (tertiary/aromatic N) is 2. The molecule has 0 atom stereocenters. The lowest BCUT2D eigenvalue weighted by molar-refractivity contribution is 0.106. The van der Waals surface area contributed by atoms with Gasteiger partial charge in [-0.15, -0.1) is 0 Å². The number of carbonyl (C=O) groups excluding carboxylic acids is 1. The fourth-order valence-corrected chi connectivity index (χ4v) is 1.57. The maximum absolute atomic E-state index is 12.2. The monoisotopic (exact) mass is 267 g/mol. The van der Waals surface area contributed by atoms with Gasteiger partial charge in [-0.25, -0.2) is 0 Å². The van der Waals surface area contributed by atoms with E-state index in [0.29, 0.717) is 5.56 Å². The molecular weight excluding hydrogens is 254 g/mol. The smallest absolute Gasteiger partial charge is 0.214 e. The Balaban J connectivity index is 2.21. The fourth-order valence-electron chi connectivity index (χ4n) is 1.57. The molecule has 0 aliphatic carbocycles. The number of benzene rings is 2. The van der Waals surface area contributed by atoms with Crippen LogP contribution in [0, 0.1) is 0 Å². The third-order valence-corrected chi connectivity index (χ3v) is 2.53. The molecule has 0 unspecified atom stereocenters. The van der Waals surface area contributed by atoms with Crippen LogP contribution in [0.3, 0.4) is 0 Å². The maximum atomic E-state index is 12.2. The first-order valence-electron chi connectivity index (χ1n) is 5.97. The Hall–Kier alpha value is -2.95. The zero-order chi connectivity index (χ0) is 14.2. The molecule has 0 spiro atoms. The number of carbonyl (C=O) groups is 1. The second-order valence-corrected chi connectivity index (χ2v) is 3.91. The highest BCUT2D eigenvalue weighted by Crippen LogP contribution is 2.06. The second-order valence-electron chi connectivity index (χ2n) is 3.91. The van der Waals surface area contributed by atoms with Crippen molar-refractivity contribution in [3.8, 4) is 0 Å². The largest absolute Gasteiger partial charge is 0.411 e. The van der Waals surface area contributed by atoms with Gasteiger partial charge in [0.15, 0.2) is 5.71 Å². The number of nitrogens with one attached hydrogen (secondary N) is 1. The molecule has 0 bridgehead atoms. The van der Waals surface area contributed by atoms with Crippen LogP contribution in [-0.2, 0) is 0 Å². The molecule has 100 valence electrons. The van der Waals surface area contributed by atoms with Gasteiger partial charge in [-0.3, -0.25) is 10.2 Å². The highest BCUT2D eigenvalue weighted by atomic mass is 16.4. The van der Waals surface area contributed by atoms with E-state index in [1.165, 1.54) is 0 Å². The van der Waals surface area contributed by atoms with E-state index < -0.39 is 0 Å². The van der Waals surface area contributed by atoms with E-state index in [2.05, 4.69) is 15.7 Å². The summed E-state index contributed by atoms with van der Waals surface area (Å²) in [6, 6.07) is 17.9. The van der Waals surface area contributed by atoms with Gasteiger partial charge in [0.05, 0.1) is 11.9 Å². The first-order chi connectivity index (χ1) is 9.81. The minimum atomic E-state index is -0.327. The molecule has 5 heteroatoms. The van der Waals surface area contributed by atoms with Crippen LogP contribution in [0.1, 0.15) is 10.4 Å². The molecule has 0 aliphatic rings. The number of anilines is 1. The summed E-state index contributed by atoms with van der Waals surface area (Å²) in [5.74, 6) is -0.327. The van der Waals surface area contributed by atoms with Crippen LogP contribution < -0.4 is 5.43 Å². The van der Waals surface area contributed by atoms with E-state index in [1.807, 2.05) is 36.4 Å². The predicted molar refractivity (Wildman–Crippen MR) is 78.6 cm³/mol. The molecule has 2 rings (SSSR count). The van der Waals surface area contributed by atoms with E-state index >= 15 is 0 Å². The minimum Gasteiger partial charge on any atom is -0.411 e. The Morgan fingerprint density at radius 3 is 2.20 bits per heavy atom. The molecule has 0 aliphatic heterocycles. The number of hydrazone groups is 1. The van der Waals surface area contributed by atoms with E-state index in [1.54, 1.807) is 24.3 Å². The Bertz CT molecular complexity index is 622. The minimum absolute atomic E-state index is 0.0163. The molecule has 20 heavy (non-hydrogen) atoms. The topological polar surface area (TPSA) is 74.0 Å². The standard InChI is InChI=1S/C15H13N3O2/c19-15(12-7-3-1-4-8-12)14(11-16-20)18-17-13-9-5-2-6-10-13/h1-11,17,20H/b16-11+,18-14-. The van der Waals surface area contributed by atoms with Crippen molar-refractivity contribution < 1.29 is 10.0 Å². The molecule has 0 fully saturated rings. The highest BCUT2D eigenvalue weighted by Gasteiger charge is 2.12. The zero-order valence-electron chi connectivity index (χ0n) is 10.6. The van der Waals surface area contributed by atoms with Crippen LogP contribution >= 0.6 is 0 Å². The second kappa shape index (κ2) is 6.84. The summed E-state index contributed by atoms with van der Waals surface area (Å²) in [5, 5.41) is 15.5. The average Bonchev–Trinajstić information content (AvgIpc) is 2.52. The SMILES string of the molecule is O=C(C(/C=N/O)=N\Nc1ccccc1)c1ccccc1. The van der Waals surface area contributed by atoms with Crippen molar-refractivity contribution in [2.75, 3.05) is 5.43 Å². The van der Waals surface area contributed by atoms with Crippen molar-refractivity contribution >= 4 is 23.4 Å². The third kappa shape index (κ3) is 3.52. The lowest BCUT2D eigenvalue weighted by Gasteiger charge is -2.03. The number of hydrogen-bond acceptors (Lipinski definition) is 5. The average molecular weight is 267 g/mol. The zero-order valence-corrected chi connectivity index (χ0v) is 10.6. The van der Waals surface area contributed by atoms with Crippen molar-refractivity contribution in [3.05, 3.63) is 66.2 Å². The maximum Gasteiger partial charge on any atom is 0.214 e. The van der Waals surface area contributed by atoms with E-state index in [-0.39, 0.29) is 11.5 Å². The van der Waals surface area contributed by atoms with Crippen LogP contribution in [0.25, 0.3) is 0 Å². The summed E-state index contributed by atoms with van der Waals surface area (Å²) in [4.78, 5) is 12.2. The van der Waals surface area contributed by atoms with Crippen LogP contribution in [0.5, 0.6) is 0 Å². The molecule has 5 nitrogen and oxygen atoms in total. The summed E-state index contributed by atoms with van der Waals surface area (Å²) in [5.41, 5.74) is 3.97. The molecular formula is C15H13N3O2. The lowest BCUT2D eigenvalue weighted by atomic mass is 10.1. The molecule has 2 aromatic carbocycles. The van der Waals surface area contributed by atoms with Crippen molar-refractivity contribution in [1.29, 1.82) is 0 Å². The van der Waals surface area contributed by atoms with Crippen LogP contribution in [0.4, 0.5) is 5.69 Å². The fraction of sp³-hybridized carbons (Fsp3) is 0. The number of oxime groups is 1. The number of ketones is 1. The summed E-state index contributed by atoms with van der Waals surface area (Å²) in [7, 11) is 0. The first kappa shape index (κ1) is 13.5. The summed E-state index contributed by atoms with van der Waals surface area (Å²) < 4.78 is 0. The molecule has 0 amide bonds. The van der Waals surface area contributed by atoms with E-state index in [4.69, 9.17) is 5.21 Å². The van der Waals surface area contributed by atoms with E-state index in [0.717, 1.165) is 11.9 Å². The highest BCUT2D eigenvalue weighted by molar-refractivity contribution is 6.64. The summed E-state index contributed by atoms with van der Waals surface area (Å²) >= 11 is 0. The van der Waals surface area contributed by atoms with Gasteiger partial charge in [0.25, 0.3) is 0 Å². The number of rotatable bonds is 5.